The Morgan fingerprint density at radius 2 is 2.11 bits per heavy atom. The molecule has 2 heterocycles. The van der Waals surface area contributed by atoms with Crippen LogP contribution in [0.5, 0.6) is 5.75 Å². The smallest absolute Gasteiger partial charge is 0.200 e. The van der Waals surface area contributed by atoms with Gasteiger partial charge in [-0.25, -0.2) is 0 Å². The zero-order valence-electron chi connectivity index (χ0n) is 10.3. The molecular formula is C14H18BrNO2. The minimum Gasteiger partial charge on any atom is -0.465 e. The molecule has 0 aromatic heterocycles. The predicted octanol–water partition coefficient (Wildman–Crippen LogP) is 3.07. The lowest BCUT2D eigenvalue weighted by atomic mass is 9.94. The molecule has 3 nitrogen and oxygen atoms in total. The Morgan fingerprint density at radius 1 is 1.28 bits per heavy atom. The quantitative estimate of drug-likeness (QED) is 0.910. The summed E-state index contributed by atoms with van der Waals surface area (Å²) in [4.78, 5) is 0. The van der Waals surface area contributed by atoms with E-state index in [2.05, 4.69) is 27.3 Å². The molecule has 1 aromatic carbocycles. The van der Waals surface area contributed by atoms with Gasteiger partial charge in [0.05, 0.1) is 6.61 Å². The maximum absolute atomic E-state index is 5.93. The van der Waals surface area contributed by atoms with Crippen LogP contribution in [-0.2, 0) is 11.3 Å². The van der Waals surface area contributed by atoms with E-state index in [9.17, 15) is 0 Å². The van der Waals surface area contributed by atoms with Crippen molar-refractivity contribution in [2.24, 2.45) is 5.92 Å². The lowest BCUT2D eigenvalue weighted by Gasteiger charge is -2.31. The zero-order chi connectivity index (χ0) is 12.4. The number of benzene rings is 1. The Morgan fingerprint density at radius 3 is 2.94 bits per heavy atom. The first-order valence-electron chi connectivity index (χ1n) is 6.58. The minimum atomic E-state index is -0.0678. The summed E-state index contributed by atoms with van der Waals surface area (Å²) in [5.74, 6) is 1.71. The molecule has 1 N–H and O–H groups in total. The molecule has 0 saturated carbocycles. The SMILES string of the molecule is Brc1ccc2c(c1)COC(CC1CCNCC1)O2. The van der Waals surface area contributed by atoms with Crippen molar-refractivity contribution in [3.63, 3.8) is 0 Å². The van der Waals surface area contributed by atoms with E-state index in [1.807, 2.05) is 12.1 Å². The fourth-order valence-electron chi connectivity index (χ4n) is 2.64. The fourth-order valence-corrected chi connectivity index (χ4v) is 3.05. The zero-order valence-corrected chi connectivity index (χ0v) is 11.9. The van der Waals surface area contributed by atoms with Gasteiger partial charge >= 0.3 is 0 Å². The van der Waals surface area contributed by atoms with Gasteiger partial charge in [0.15, 0.2) is 6.29 Å². The van der Waals surface area contributed by atoms with Crippen LogP contribution in [0.4, 0.5) is 0 Å². The molecule has 1 fully saturated rings. The molecule has 0 amide bonds. The molecular weight excluding hydrogens is 294 g/mol. The third-order valence-corrected chi connectivity index (χ3v) is 4.18. The summed E-state index contributed by atoms with van der Waals surface area (Å²) in [5, 5.41) is 3.39. The number of hydrogen-bond donors (Lipinski definition) is 1. The number of piperidine rings is 1. The van der Waals surface area contributed by atoms with E-state index in [-0.39, 0.29) is 6.29 Å². The summed E-state index contributed by atoms with van der Waals surface area (Å²) in [5.41, 5.74) is 1.13. The van der Waals surface area contributed by atoms with Gasteiger partial charge < -0.3 is 14.8 Å². The molecule has 0 spiro atoms. The summed E-state index contributed by atoms with van der Waals surface area (Å²) in [6.45, 7) is 2.91. The molecule has 1 saturated heterocycles. The molecule has 2 aliphatic rings. The van der Waals surface area contributed by atoms with E-state index in [1.54, 1.807) is 0 Å². The van der Waals surface area contributed by atoms with E-state index in [1.165, 1.54) is 12.8 Å². The Hall–Kier alpha value is -0.580. The lowest BCUT2D eigenvalue weighted by Crippen LogP contribution is -2.33. The van der Waals surface area contributed by atoms with Crippen LogP contribution in [0.1, 0.15) is 24.8 Å². The van der Waals surface area contributed by atoms with Crippen LogP contribution >= 0.6 is 15.9 Å². The van der Waals surface area contributed by atoms with Crippen molar-refractivity contribution in [1.29, 1.82) is 0 Å². The summed E-state index contributed by atoms with van der Waals surface area (Å²) < 4.78 is 12.8. The molecule has 98 valence electrons. The van der Waals surface area contributed by atoms with Gasteiger partial charge in [-0.15, -0.1) is 0 Å². The van der Waals surface area contributed by atoms with Gasteiger partial charge in [-0.3, -0.25) is 0 Å². The van der Waals surface area contributed by atoms with Gasteiger partial charge in [-0.1, -0.05) is 15.9 Å². The first-order valence-corrected chi connectivity index (χ1v) is 7.38. The summed E-state index contributed by atoms with van der Waals surface area (Å²) >= 11 is 3.47. The van der Waals surface area contributed by atoms with E-state index >= 15 is 0 Å². The standard InChI is InChI=1S/C14H18BrNO2/c15-12-1-2-13-11(8-12)9-17-14(18-13)7-10-3-5-16-6-4-10/h1-2,8,10,14,16H,3-7,9H2. The van der Waals surface area contributed by atoms with Crippen molar-refractivity contribution in [1.82, 2.24) is 5.32 Å². The van der Waals surface area contributed by atoms with Crippen LogP contribution in [0, 0.1) is 5.92 Å². The van der Waals surface area contributed by atoms with E-state index in [0.29, 0.717) is 6.61 Å². The number of nitrogens with one attached hydrogen (secondary N) is 1. The average Bonchev–Trinajstić information content (AvgIpc) is 2.40. The van der Waals surface area contributed by atoms with Crippen LogP contribution < -0.4 is 10.1 Å². The Labute approximate surface area is 116 Å². The highest BCUT2D eigenvalue weighted by Crippen LogP contribution is 2.31. The van der Waals surface area contributed by atoms with Crippen molar-refractivity contribution in [3.05, 3.63) is 28.2 Å². The Kier molecular flexibility index (Phi) is 3.87. The number of rotatable bonds is 2. The van der Waals surface area contributed by atoms with Crippen molar-refractivity contribution in [2.45, 2.75) is 32.2 Å². The topological polar surface area (TPSA) is 30.5 Å². The number of halogens is 1. The second-order valence-corrected chi connectivity index (χ2v) is 5.96. The predicted molar refractivity (Wildman–Crippen MR) is 73.6 cm³/mol. The van der Waals surface area contributed by atoms with Gasteiger partial charge in [0.25, 0.3) is 0 Å². The van der Waals surface area contributed by atoms with Crippen LogP contribution in [0.15, 0.2) is 22.7 Å². The molecule has 0 aliphatic carbocycles. The van der Waals surface area contributed by atoms with Crippen molar-refractivity contribution in [3.8, 4) is 5.75 Å². The van der Waals surface area contributed by atoms with Crippen LogP contribution in [0.25, 0.3) is 0 Å². The Bertz CT molecular complexity index is 418. The summed E-state index contributed by atoms with van der Waals surface area (Å²) in [7, 11) is 0. The molecule has 3 rings (SSSR count). The normalized spacial score (nSPS) is 24.4. The summed E-state index contributed by atoms with van der Waals surface area (Å²) in [6, 6.07) is 6.11. The maximum Gasteiger partial charge on any atom is 0.200 e. The molecule has 0 bridgehead atoms. The van der Waals surface area contributed by atoms with Gasteiger partial charge in [0.2, 0.25) is 0 Å². The van der Waals surface area contributed by atoms with Crippen LogP contribution in [0.3, 0.4) is 0 Å². The van der Waals surface area contributed by atoms with E-state index in [4.69, 9.17) is 9.47 Å². The second kappa shape index (κ2) is 5.59. The fraction of sp³-hybridized carbons (Fsp3) is 0.571. The van der Waals surface area contributed by atoms with Gasteiger partial charge in [-0.05, 0) is 50.0 Å². The number of hydrogen-bond acceptors (Lipinski definition) is 3. The minimum absolute atomic E-state index is 0.0678. The second-order valence-electron chi connectivity index (χ2n) is 5.04. The van der Waals surface area contributed by atoms with E-state index < -0.39 is 0 Å². The molecule has 0 radical (unpaired) electrons. The van der Waals surface area contributed by atoms with Crippen LogP contribution in [0.2, 0.25) is 0 Å². The molecule has 18 heavy (non-hydrogen) atoms. The van der Waals surface area contributed by atoms with Gasteiger partial charge in [-0.2, -0.15) is 0 Å². The highest BCUT2D eigenvalue weighted by Gasteiger charge is 2.24. The van der Waals surface area contributed by atoms with Crippen molar-refractivity contribution < 1.29 is 9.47 Å². The average molecular weight is 312 g/mol. The molecule has 2 aliphatic heterocycles. The third kappa shape index (κ3) is 2.87. The van der Waals surface area contributed by atoms with Crippen molar-refractivity contribution in [2.75, 3.05) is 13.1 Å². The highest BCUT2D eigenvalue weighted by molar-refractivity contribution is 9.10. The van der Waals surface area contributed by atoms with Gasteiger partial charge in [0, 0.05) is 16.5 Å². The maximum atomic E-state index is 5.93. The largest absolute Gasteiger partial charge is 0.465 e. The third-order valence-electron chi connectivity index (χ3n) is 3.69. The molecule has 1 aromatic rings. The monoisotopic (exact) mass is 311 g/mol. The first-order chi connectivity index (χ1) is 8.81. The highest BCUT2D eigenvalue weighted by atomic mass is 79.9. The van der Waals surface area contributed by atoms with Gasteiger partial charge in [0.1, 0.15) is 5.75 Å². The summed E-state index contributed by atoms with van der Waals surface area (Å²) in [6.07, 6.45) is 3.41. The van der Waals surface area contributed by atoms with E-state index in [0.717, 1.165) is 41.2 Å². The number of ether oxygens (including phenoxy) is 2. The molecule has 1 atom stereocenters. The lowest BCUT2D eigenvalue weighted by molar-refractivity contribution is -0.120. The Balaban J connectivity index is 1.62. The number of fused-ring (bicyclic) bond motifs is 1. The molecule has 1 unspecified atom stereocenters. The van der Waals surface area contributed by atoms with Crippen LogP contribution in [-0.4, -0.2) is 19.4 Å². The first kappa shape index (κ1) is 12.5. The molecule has 4 heteroatoms. The van der Waals surface area contributed by atoms with Crippen molar-refractivity contribution >= 4 is 15.9 Å².